The molecule has 0 bridgehead atoms. The highest BCUT2D eigenvalue weighted by atomic mass is 16.6. The summed E-state index contributed by atoms with van der Waals surface area (Å²) in [7, 11) is 0. The molecule has 1 amide bonds. The summed E-state index contributed by atoms with van der Waals surface area (Å²) in [6, 6.07) is 0. The number of hydrogen-bond donors (Lipinski definition) is 2. The predicted octanol–water partition coefficient (Wildman–Crippen LogP) is 1.07. The summed E-state index contributed by atoms with van der Waals surface area (Å²) in [6.07, 6.45) is 1.66. The van der Waals surface area contributed by atoms with Crippen molar-refractivity contribution in [3.8, 4) is 0 Å². The quantitative estimate of drug-likeness (QED) is 0.681. The van der Waals surface area contributed by atoms with Gasteiger partial charge in [-0.3, -0.25) is 4.79 Å². The van der Waals surface area contributed by atoms with E-state index in [0.29, 0.717) is 6.61 Å². The van der Waals surface area contributed by atoms with Crippen molar-refractivity contribution in [2.45, 2.75) is 58.3 Å². The topological polar surface area (TPSA) is 59.6 Å². The number of ether oxygens (including phenoxy) is 2. The zero-order valence-electron chi connectivity index (χ0n) is 12.6. The third-order valence-corrected chi connectivity index (χ3v) is 3.14. The second-order valence-corrected chi connectivity index (χ2v) is 5.75. The first kappa shape index (κ1) is 16.4. The van der Waals surface area contributed by atoms with Crippen molar-refractivity contribution in [1.29, 1.82) is 0 Å². The average molecular weight is 272 g/mol. The van der Waals surface area contributed by atoms with E-state index in [1.165, 1.54) is 0 Å². The molecule has 0 aliphatic carbocycles. The van der Waals surface area contributed by atoms with Gasteiger partial charge in [0, 0.05) is 19.6 Å². The fraction of sp³-hybridized carbons (Fsp3) is 0.929. The van der Waals surface area contributed by atoms with Crippen LogP contribution in [0.1, 0.15) is 40.5 Å². The van der Waals surface area contributed by atoms with Crippen molar-refractivity contribution >= 4 is 5.91 Å². The summed E-state index contributed by atoms with van der Waals surface area (Å²) >= 11 is 0. The van der Waals surface area contributed by atoms with E-state index < -0.39 is 6.10 Å². The first-order valence-corrected chi connectivity index (χ1v) is 7.22. The fourth-order valence-electron chi connectivity index (χ4n) is 2.02. The largest absolute Gasteiger partial charge is 0.367 e. The van der Waals surface area contributed by atoms with Crippen molar-refractivity contribution in [2.24, 2.45) is 0 Å². The molecule has 0 aromatic rings. The van der Waals surface area contributed by atoms with Crippen LogP contribution in [-0.4, -0.2) is 50.0 Å². The van der Waals surface area contributed by atoms with Crippen LogP contribution in [0, 0.1) is 0 Å². The minimum absolute atomic E-state index is 0.00893. The molecule has 0 aromatic carbocycles. The smallest absolute Gasteiger partial charge is 0.248 e. The molecule has 19 heavy (non-hydrogen) atoms. The van der Waals surface area contributed by atoms with Crippen LogP contribution in [0.3, 0.4) is 0 Å². The molecule has 5 heteroatoms. The molecule has 1 rings (SSSR count). The number of morpholine rings is 1. The van der Waals surface area contributed by atoms with Crippen LogP contribution in [0.25, 0.3) is 0 Å². The Hall–Kier alpha value is -0.650. The molecule has 1 aliphatic rings. The lowest BCUT2D eigenvalue weighted by Crippen LogP contribution is -2.52. The molecule has 1 heterocycles. The summed E-state index contributed by atoms with van der Waals surface area (Å²) < 4.78 is 11.5. The molecule has 0 radical (unpaired) electrons. The zero-order valence-corrected chi connectivity index (χ0v) is 12.6. The van der Waals surface area contributed by atoms with Gasteiger partial charge in [-0.2, -0.15) is 0 Å². The summed E-state index contributed by atoms with van der Waals surface area (Å²) in [5.41, 5.74) is -0.168. The Balaban J connectivity index is 2.22. The number of carbonyl (C=O) groups is 1. The van der Waals surface area contributed by atoms with Gasteiger partial charge in [-0.1, -0.05) is 13.3 Å². The van der Waals surface area contributed by atoms with Crippen LogP contribution in [0.4, 0.5) is 0 Å². The van der Waals surface area contributed by atoms with Crippen LogP contribution < -0.4 is 10.6 Å². The van der Waals surface area contributed by atoms with Gasteiger partial charge in [0.2, 0.25) is 5.91 Å². The van der Waals surface area contributed by atoms with Crippen LogP contribution in [0.15, 0.2) is 0 Å². The van der Waals surface area contributed by atoms with Crippen LogP contribution >= 0.6 is 0 Å². The molecule has 2 atom stereocenters. The van der Waals surface area contributed by atoms with Gasteiger partial charge < -0.3 is 20.1 Å². The molecule has 0 spiro atoms. The van der Waals surface area contributed by atoms with E-state index in [-0.39, 0.29) is 17.6 Å². The van der Waals surface area contributed by atoms with Crippen molar-refractivity contribution in [3.63, 3.8) is 0 Å². The Bertz CT molecular complexity index is 282. The monoisotopic (exact) mass is 272 g/mol. The second kappa shape index (κ2) is 7.82. The maximum atomic E-state index is 11.7. The fourth-order valence-corrected chi connectivity index (χ4v) is 2.02. The standard InChI is InChI=1S/C14H28N2O3/c1-5-6-7-16-13(17)11(2)18-9-12-8-15-10-14(3,4)19-12/h11-12,15H,5-10H2,1-4H3,(H,16,17). The number of nitrogens with one attached hydrogen (secondary N) is 2. The van der Waals surface area contributed by atoms with Crippen LogP contribution in [-0.2, 0) is 14.3 Å². The van der Waals surface area contributed by atoms with Gasteiger partial charge in [-0.15, -0.1) is 0 Å². The second-order valence-electron chi connectivity index (χ2n) is 5.75. The van der Waals surface area contributed by atoms with Gasteiger partial charge in [-0.25, -0.2) is 0 Å². The Morgan fingerprint density at radius 3 is 2.95 bits per heavy atom. The van der Waals surface area contributed by atoms with Crippen LogP contribution in [0.2, 0.25) is 0 Å². The molecule has 1 aliphatic heterocycles. The average Bonchev–Trinajstić information content (AvgIpc) is 2.35. The Kier molecular flexibility index (Phi) is 6.75. The lowest BCUT2D eigenvalue weighted by molar-refractivity contribution is -0.145. The molecule has 1 saturated heterocycles. The van der Waals surface area contributed by atoms with Gasteiger partial charge in [0.25, 0.3) is 0 Å². The van der Waals surface area contributed by atoms with Gasteiger partial charge in [-0.05, 0) is 27.2 Å². The lowest BCUT2D eigenvalue weighted by Gasteiger charge is -2.36. The minimum Gasteiger partial charge on any atom is -0.367 e. The van der Waals surface area contributed by atoms with Gasteiger partial charge in [0.1, 0.15) is 6.10 Å². The third-order valence-electron chi connectivity index (χ3n) is 3.14. The minimum atomic E-state index is -0.425. The van der Waals surface area contributed by atoms with E-state index >= 15 is 0 Å². The van der Waals surface area contributed by atoms with E-state index in [9.17, 15) is 4.79 Å². The van der Waals surface area contributed by atoms with E-state index in [0.717, 1.165) is 32.5 Å². The molecular formula is C14H28N2O3. The SMILES string of the molecule is CCCCNC(=O)C(C)OCC1CNCC(C)(C)O1. The van der Waals surface area contributed by atoms with Gasteiger partial charge in [0.05, 0.1) is 18.3 Å². The van der Waals surface area contributed by atoms with E-state index in [1.807, 2.05) is 13.8 Å². The highest BCUT2D eigenvalue weighted by Gasteiger charge is 2.29. The normalized spacial score (nSPS) is 23.9. The Morgan fingerprint density at radius 2 is 2.32 bits per heavy atom. The molecule has 5 nitrogen and oxygen atoms in total. The zero-order chi connectivity index (χ0) is 14.3. The highest BCUT2D eigenvalue weighted by molar-refractivity contribution is 5.80. The van der Waals surface area contributed by atoms with Crippen molar-refractivity contribution in [3.05, 3.63) is 0 Å². The van der Waals surface area contributed by atoms with E-state index in [1.54, 1.807) is 6.92 Å². The van der Waals surface area contributed by atoms with Crippen molar-refractivity contribution < 1.29 is 14.3 Å². The molecular weight excluding hydrogens is 244 g/mol. The van der Waals surface area contributed by atoms with E-state index in [4.69, 9.17) is 9.47 Å². The first-order chi connectivity index (χ1) is 8.94. The number of hydrogen-bond acceptors (Lipinski definition) is 4. The molecule has 0 saturated carbocycles. The summed E-state index contributed by atoms with van der Waals surface area (Å²) in [6.45, 7) is 10.8. The van der Waals surface area contributed by atoms with E-state index in [2.05, 4.69) is 17.6 Å². The molecule has 2 N–H and O–H groups in total. The molecule has 1 fully saturated rings. The molecule has 0 aromatic heterocycles. The number of carbonyl (C=O) groups excluding carboxylic acids is 1. The maximum Gasteiger partial charge on any atom is 0.248 e. The molecule has 112 valence electrons. The number of unbranched alkanes of at least 4 members (excludes halogenated alkanes) is 1. The molecule has 2 unspecified atom stereocenters. The highest BCUT2D eigenvalue weighted by Crippen LogP contribution is 2.15. The van der Waals surface area contributed by atoms with Gasteiger partial charge in [0.15, 0.2) is 0 Å². The lowest BCUT2D eigenvalue weighted by atomic mass is 10.1. The summed E-state index contributed by atoms with van der Waals surface area (Å²) in [5, 5.41) is 6.18. The third kappa shape index (κ3) is 6.36. The first-order valence-electron chi connectivity index (χ1n) is 7.22. The number of amides is 1. The predicted molar refractivity (Wildman–Crippen MR) is 75.2 cm³/mol. The maximum absolute atomic E-state index is 11.7. The number of rotatable bonds is 7. The summed E-state index contributed by atoms with van der Waals surface area (Å²) in [5.74, 6) is -0.0449. The van der Waals surface area contributed by atoms with Crippen LogP contribution in [0.5, 0.6) is 0 Å². The summed E-state index contributed by atoms with van der Waals surface area (Å²) in [4.78, 5) is 11.7. The van der Waals surface area contributed by atoms with Gasteiger partial charge >= 0.3 is 0 Å². The Morgan fingerprint density at radius 1 is 1.58 bits per heavy atom. The van der Waals surface area contributed by atoms with Crippen molar-refractivity contribution in [1.82, 2.24) is 10.6 Å². The Labute approximate surface area is 116 Å². The van der Waals surface area contributed by atoms with Crippen molar-refractivity contribution in [2.75, 3.05) is 26.2 Å².